The molecule has 1 N–H and O–H groups in total. The van der Waals surface area contributed by atoms with E-state index in [1.165, 1.54) is 12.1 Å². The maximum atomic E-state index is 12.6. The van der Waals surface area contributed by atoms with E-state index < -0.39 is 0 Å². The van der Waals surface area contributed by atoms with Crippen molar-refractivity contribution in [1.82, 2.24) is 5.32 Å². The standard InChI is InChI=1S/C10H13ClFN.ClH/c1-2-5-13-7-8-3-4-9(12)6-10(8)11;/h3-4,6,13H,2,5,7H2,1H3;1H. The first-order chi connectivity index (χ1) is 6.24. The molecule has 0 heterocycles. The van der Waals surface area contributed by atoms with Crippen molar-refractivity contribution in [1.29, 1.82) is 0 Å². The second-order valence-electron chi connectivity index (χ2n) is 2.91. The van der Waals surface area contributed by atoms with Crippen molar-refractivity contribution >= 4 is 24.0 Å². The van der Waals surface area contributed by atoms with Crippen LogP contribution in [0.1, 0.15) is 18.9 Å². The highest BCUT2D eigenvalue weighted by Crippen LogP contribution is 2.16. The predicted molar refractivity (Wildman–Crippen MR) is 60.7 cm³/mol. The van der Waals surface area contributed by atoms with E-state index in [1.807, 2.05) is 0 Å². The van der Waals surface area contributed by atoms with Crippen LogP contribution in [-0.4, -0.2) is 6.54 Å². The molecule has 0 aliphatic rings. The Labute approximate surface area is 95.1 Å². The molecule has 14 heavy (non-hydrogen) atoms. The molecule has 1 rings (SSSR count). The second kappa shape index (κ2) is 7.04. The van der Waals surface area contributed by atoms with E-state index in [0.29, 0.717) is 11.6 Å². The summed E-state index contributed by atoms with van der Waals surface area (Å²) in [6, 6.07) is 4.47. The number of nitrogens with one attached hydrogen (secondary N) is 1. The van der Waals surface area contributed by atoms with Crippen molar-refractivity contribution in [3.05, 3.63) is 34.6 Å². The van der Waals surface area contributed by atoms with Gasteiger partial charge in [-0.3, -0.25) is 0 Å². The van der Waals surface area contributed by atoms with Crippen molar-refractivity contribution in [3.63, 3.8) is 0 Å². The zero-order valence-electron chi connectivity index (χ0n) is 8.02. The first kappa shape index (κ1) is 13.7. The Morgan fingerprint density at radius 2 is 2.14 bits per heavy atom. The van der Waals surface area contributed by atoms with Crippen molar-refractivity contribution in [2.24, 2.45) is 0 Å². The summed E-state index contributed by atoms with van der Waals surface area (Å²) in [7, 11) is 0. The van der Waals surface area contributed by atoms with Crippen molar-refractivity contribution in [3.8, 4) is 0 Å². The number of halogens is 3. The Balaban J connectivity index is 0.00000169. The first-order valence-corrected chi connectivity index (χ1v) is 4.76. The van der Waals surface area contributed by atoms with Crippen LogP contribution in [0, 0.1) is 5.82 Å². The molecule has 0 saturated heterocycles. The molecule has 1 nitrogen and oxygen atoms in total. The molecule has 1 aromatic carbocycles. The first-order valence-electron chi connectivity index (χ1n) is 4.38. The van der Waals surface area contributed by atoms with Crippen LogP contribution in [0.25, 0.3) is 0 Å². The lowest BCUT2D eigenvalue weighted by molar-refractivity contribution is 0.624. The van der Waals surface area contributed by atoms with Gasteiger partial charge in [-0.2, -0.15) is 0 Å². The summed E-state index contributed by atoms with van der Waals surface area (Å²) < 4.78 is 12.6. The maximum absolute atomic E-state index is 12.6. The van der Waals surface area contributed by atoms with Crippen LogP contribution in [0.15, 0.2) is 18.2 Å². The van der Waals surface area contributed by atoms with Crippen molar-refractivity contribution < 1.29 is 4.39 Å². The molecule has 0 amide bonds. The number of hydrogen-bond donors (Lipinski definition) is 1. The largest absolute Gasteiger partial charge is 0.313 e. The summed E-state index contributed by atoms with van der Waals surface area (Å²) in [5.74, 6) is -0.288. The summed E-state index contributed by atoms with van der Waals surface area (Å²) >= 11 is 5.83. The average Bonchev–Trinajstić information content (AvgIpc) is 2.09. The molecule has 0 fully saturated rings. The highest BCUT2D eigenvalue weighted by atomic mass is 35.5. The zero-order chi connectivity index (χ0) is 9.68. The van der Waals surface area contributed by atoms with Gasteiger partial charge >= 0.3 is 0 Å². The molecule has 0 spiro atoms. The number of benzene rings is 1. The zero-order valence-corrected chi connectivity index (χ0v) is 9.59. The van der Waals surface area contributed by atoms with Gasteiger partial charge in [-0.1, -0.05) is 24.6 Å². The lowest BCUT2D eigenvalue weighted by atomic mass is 10.2. The Kier molecular flexibility index (Phi) is 6.89. The van der Waals surface area contributed by atoms with Crippen LogP contribution in [0.3, 0.4) is 0 Å². The fraction of sp³-hybridized carbons (Fsp3) is 0.400. The van der Waals surface area contributed by atoms with E-state index in [4.69, 9.17) is 11.6 Å². The highest BCUT2D eigenvalue weighted by molar-refractivity contribution is 6.31. The molecule has 0 saturated carbocycles. The van der Waals surface area contributed by atoms with Gasteiger partial charge < -0.3 is 5.32 Å². The van der Waals surface area contributed by atoms with Gasteiger partial charge in [-0.25, -0.2) is 4.39 Å². The van der Waals surface area contributed by atoms with E-state index >= 15 is 0 Å². The highest BCUT2D eigenvalue weighted by Gasteiger charge is 2.00. The van der Waals surface area contributed by atoms with Gasteiger partial charge in [0, 0.05) is 11.6 Å². The number of rotatable bonds is 4. The maximum Gasteiger partial charge on any atom is 0.124 e. The van der Waals surface area contributed by atoms with Crippen molar-refractivity contribution in [2.75, 3.05) is 6.54 Å². The lowest BCUT2D eigenvalue weighted by Gasteiger charge is -2.05. The summed E-state index contributed by atoms with van der Waals surface area (Å²) in [6.07, 6.45) is 1.08. The minimum absolute atomic E-state index is 0. The monoisotopic (exact) mass is 237 g/mol. The van der Waals surface area contributed by atoms with Crippen LogP contribution in [0.2, 0.25) is 5.02 Å². The van der Waals surface area contributed by atoms with E-state index in [0.717, 1.165) is 18.5 Å². The van der Waals surface area contributed by atoms with Gasteiger partial charge in [0.1, 0.15) is 5.82 Å². The SMILES string of the molecule is CCCNCc1ccc(F)cc1Cl.Cl. The molecule has 0 aliphatic heterocycles. The van der Waals surface area contributed by atoms with Gasteiger partial charge in [0.2, 0.25) is 0 Å². The molecule has 80 valence electrons. The quantitative estimate of drug-likeness (QED) is 0.792. The molecular formula is C10H14Cl2FN. The second-order valence-corrected chi connectivity index (χ2v) is 3.32. The lowest BCUT2D eigenvalue weighted by Crippen LogP contribution is -2.14. The minimum Gasteiger partial charge on any atom is -0.313 e. The van der Waals surface area contributed by atoms with Crippen LogP contribution in [0.4, 0.5) is 4.39 Å². The topological polar surface area (TPSA) is 12.0 Å². The normalized spacial score (nSPS) is 9.64. The van der Waals surface area contributed by atoms with Crippen LogP contribution in [-0.2, 0) is 6.54 Å². The van der Waals surface area contributed by atoms with Gasteiger partial charge in [0.25, 0.3) is 0 Å². The summed E-state index contributed by atoms with van der Waals surface area (Å²) in [4.78, 5) is 0. The van der Waals surface area contributed by atoms with E-state index in [2.05, 4.69) is 12.2 Å². The number of hydrogen-bond acceptors (Lipinski definition) is 1. The third-order valence-electron chi connectivity index (χ3n) is 1.76. The molecule has 0 radical (unpaired) electrons. The Bertz CT molecular complexity index is 279. The van der Waals surface area contributed by atoms with Gasteiger partial charge in [0.05, 0.1) is 0 Å². The van der Waals surface area contributed by atoms with E-state index in [9.17, 15) is 4.39 Å². The third kappa shape index (κ3) is 4.27. The van der Waals surface area contributed by atoms with Gasteiger partial charge in [0.15, 0.2) is 0 Å². The van der Waals surface area contributed by atoms with Crippen LogP contribution >= 0.6 is 24.0 Å². The minimum atomic E-state index is -0.288. The summed E-state index contributed by atoms with van der Waals surface area (Å²) in [5, 5.41) is 3.69. The Morgan fingerprint density at radius 1 is 1.43 bits per heavy atom. The molecule has 0 atom stereocenters. The molecule has 4 heteroatoms. The average molecular weight is 238 g/mol. The Hall–Kier alpha value is -0.310. The molecule has 0 bridgehead atoms. The summed E-state index contributed by atoms with van der Waals surface area (Å²) in [5.41, 5.74) is 0.941. The third-order valence-corrected chi connectivity index (χ3v) is 2.11. The Morgan fingerprint density at radius 3 is 2.71 bits per heavy atom. The predicted octanol–water partition coefficient (Wildman–Crippen LogP) is 3.40. The smallest absolute Gasteiger partial charge is 0.124 e. The van der Waals surface area contributed by atoms with Crippen LogP contribution in [0.5, 0.6) is 0 Å². The molecule has 0 unspecified atom stereocenters. The van der Waals surface area contributed by atoms with Gasteiger partial charge in [-0.15, -0.1) is 12.4 Å². The summed E-state index contributed by atoms with van der Waals surface area (Å²) in [6.45, 7) is 3.75. The van der Waals surface area contributed by atoms with E-state index in [-0.39, 0.29) is 18.2 Å². The van der Waals surface area contributed by atoms with E-state index in [1.54, 1.807) is 6.07 Å². The fourth-order valence-electron chi connectivity index (χ4n) is 1.06. The molecule has 1 aromatic rings. The fourth-order valence-corrected chi connectivity index (χ4v) is 1.30. The molecule has 0 aromatic heterocycles. The van der Waals surface area contributed by atoms with Crippen LogP contribution < -0.4 is 5.32 Å². The molecule has 0 aliphatic carbocycles. The van der Waals surface area contributed by atoms with Crippen molar-refractivity contribution in [2.45, 2.75) is 19.9 Å². The molecular weight excluding hydrogens is 224 g/mol. The van der Waals surface area contributed by atoms with Gasteiger partial charge in [-0.05, 0) is 30.7 Å².